The zero-order chi connectivity index (χ0) is 9.80. The van der Waals surface area contributed by atoms with Crippen molar-refractivity contribution in [3.8, 4) is 0 Å². The topological polar surface area (TPSA) is 54.3 Å². The highest BCUT2D eigenvalue weighted by Crippen LogP contribution is 2.05. The van der Waals surface area contributed by atoms with Crippen molar-refractivity contribution in [2.24, 2.45) is 0 Å². The van der Waals surface area contributed by atoms with Crippen LogP contribution in [0.1, 0.15) is 18.4 Å². The Labute approximate surface area is 82.7 Å². The van der Waals surface area contributed by atoms with E-state index in [2.05, 4.69) is 10.6 Å². The number of hydrogen-bond acceptors (Lipinski definition) is 3. The van der Waals surface area contributed by atoms with Crippen molar-refractivity contribution >= 4 is 5.91 Å². The van der Waals surface area contributed by atoms with Gasteiger partial charge >= 0.3 is 0 Å². The van der Waals surface area contributed by atoms with Gasteiger partial charge in [0.2, 0.25) is 5.91 Å². The van der Waals surface area contributed by atoms with Gasteiger partial charge in [-0.15, -0.1) is 0 Å². The molecule has 0 aromatic carbocycles. The lowest BCUT2D eigenvalue weighted by Crippen LogP contribution is -2.39. The van der Waals surface area contributed by atoms with Gasteiger partial charge in [-0.2, -0.15) is 0 Å². The van der Waals surface area contributed by atoms with E-state index in [4.69, 9.17) is 4.42 Å². The first-order valence-electron chi connectivity index (χ1n) is 4.88. The molecule has 2 heterocycles. The summed E-state index contributed by atoms with van der Waals surface area (Å²) >= 11 is 0. The third-order valence-corrected chi connectivity index (χ3v) is 2.42. The summed E-state index contributed by atoms with van der Waals surface area (Å²) in [4.78, 5) is 11.5. The second-order valence-corrected chi connectivity index (χ2v) is 3.50. The van der Waals surface area contributed by atoms with Crippen LogP contribution in [-0.4, -0.2) is 18.5 Å². The molecule has 76 valence electrons. The fourth-order valence-electron chi connectivity index (χ4n) is 1.61. The summed E-state index contributed by atoms with van der Waals surface area (Å²) in [6.45, 7) is 1.50. The summed E-state index contributed by atoms with van der Waals surface area (Å²) in [6.07, 6.45) is 5.28. The molecule has 1 atom stereocenters. The molecule has 1 amide bonds. The van der Waals surface area contributed by atoms with E-state index in [1.54, 1.807) is 12.5 Å². The molecule has 0 bridgehead atoms. The number of amides is 1. The Morgan fingerprint density at radius 3 is 3.29 bits per heavy atom. The summed E-state index contributed by atoms with van der Waals surface area (Å²) in [5.74, 6) is 0.0868. The Bertz CT molecular complexity index is 289. The molecule has 0 unspecified atom stereocenters. The van der Waals surface area contributed by atoms with Crippen LogP contribution in [0.5, 0.6) is 0 Å². The fourth-order valence-corrected chi connectivity index (χ4v) is 1.61. The average Bonchev–Trinajstić information content (AvgIpc) is 2.87. The molecule has 1 aliphatic heterocycles. The van der Waals surface area contributed by atoms with E-state index in [-0.39, 0.29) is 11.9 Å². The van der Waals surface area contributed by atoms with Gasteiger partial charge in [-0.05, 0) is 25.5 Å². The van der Waals surface area contributed by atoms with Crippen LogP contribution in [0, 0.1) is 0 Å². The third-order valence-electron chi connectivity index (χ3n) is 2.42. The molecule has 0 spiro atoms. The SMILES string of the molecule is O=C(NCc1ccoc1)[C@H]1CCCN1. The Balaban J connectivity index is 1.77. The van der Waals surface area contributed by atoms with Crippen molar-refractivity contribution in [2.75, 3.05) is 6.54 Å². The molecule has 1 saturated heterocycles. The van der Waals surface area contributed by atoms with Crippen LogP contribution in [0.4, 0.5) is 0 Å². The van der Waals surface area contributed by atoms with Crippen LogP contribution in [0.25, 0.3) is 0 Å². The van der Waals surface area contributed by atoms with Crippen molar-refractivity contribution in [1.29, 1.82) is 0 Å². The van der Waals surface area contributed by atoms with Crippen molar-refractivity contribution in [3.05, 3.63) is 24.2 Å². The van der Waals surface area contributed by atoms with E-state index < -0.39 is 0 Å². The molecule has 1 fully saturated rings. The molecular weight excluding hydrogens is 180 g/mol. The smallest absolute Gasteiger partial charge is 0.237 e. The molecule has 4 nitrogen and oxygen atoms in total. The summed E-state index contributed by atoms with van der Waals surface area (Å²) in [5.41, 5.74) is 0.997. The predicted molar refractivity (Wildman–Crippen MR) is 51.6 cm³/mol. The maximum absolute atomic E-state index is 11.5. The van der Waals surface area contributed by atoms with Crippen molar-refractivity contribution in [3.63, 3.8) is 0 Å². The molecule has 4 heteroatoms. The molecule has 2 N–H and O–H groups in total. The van der Waals surface area contributed by atoms with Gasteiger partial charge < -0.3 is 15.1 Å². The first kappa shape index (κ1) is 9.27. The summed E-state index contributed by atoms with van der Waals surface area (Å²) in [7, 11) is 0. The number of furan rings is 1. The van der Waals surface area contributed by atoms with Gasteiger partial charge in [-0.25, -0.2) is 0 Å². The predicted octanol–water partition coefficient (Wildman–Crippen LogP) is 0.648. The number of hydrogen-bond donors (Lipinski definition) is 2. The Morgan fingerprint density at radius 1 is 1.71 bits per heavy atom. The Hall–Kier alpha value is -1.29. The number of rotatable bonds is 3. The lowest BCUT2D eigenvalue weighted by Gasteiger charge is -2.09. The van der Waals surface area contributed by atoms with E-state index >= 15 is 0 Å². The molecule has 2 rings (SSSR count). The fraction of sp³-hybridized carbons (Fsp3) is 0.500. The van der Waals surface area contributed by atoms with Crippen LogP contribution in [0.15, 0.2) is 23.0 Å². The quantitative estimate of drug-likeness (QED) is 0.742. The number of nitrogens with one attached hydrogen (secondary N) is 2. The normalized spacial score (nSPS) is 21.0. The van der Waals surface area contributed by atoms with Crippen LogP contribution >= 0.6 is 0 Å². The molecule has 1 aliphatic rings. The van der Waals surface area contributed by atoms with Gasteiger partial charge in [-0.1, -0.05) is 0 Å². The summed E-state index contributed by atoms with van der Waals surface area (Å²) in [5, 5.41) is 6.02. The second-order valence-electron chi connectivity index (χ2n) is 3.50. The third kappa shape index (κ3) is 2.14. The molecule has 14 heavy (non-hydrogen) atoms. The monoisotopic (exact) mass is 194 g/mol. The van der Waals surface area contributed by atoms with Crippen LogP contribution in [0.2, 0.25) is 0 Å². The molecule has 1 aromatic heterocycles. The van der Waals surface area contributed by atoms with Gasteiger partial charge in [-0.3, -0.25) is 4.79 Å². The van der Waals surface area contributed by atoms with E-state index in [1.165, 1.54) is 0 Å². The second kappa shape index (κ2) is 4.28. The van der Waals surface area contributed by atoms with Crippen molar-refractivity contribution < 1.29 is 9.21 Å². The summed E-state index contributed by atoms with van der Waals surface area (Å²) in [6, 6.07) is 1.85. The minimum absolute atomic E-state index is 0.00176. The molecule has 0 radical (unpaired) electrons. The van der Waals surface area contributed by atoms with E-state index in [0.29, 0.717) is 6.54 Å². The van der Waals surface area contributed by atoms with Crippen molar-refractivity contribution in [1.82, 2.24) is 10.6 Å². The number of carbonyl (C=O) groups excluding carboxylic acids is 1. The zero-order valence-corrected chi connectivity index (χ0v) is 7.95. The van der Waals surface area contributed by atoms with Crippen LogP contribution in [0.3, 0.4) is 0 Å². The highest BCUT2D eigenvalue weighted by molar-refractivity contribution is 5.81. The van der Waals surface area contributed by atoms with E-state index in [9.17, 15) is 4.79 Å². The molecule has 0 aliphatic carbocycles. The van der Waals surface area contributed by atoms with Crippen molar-refractivity contribution in [2.45, 2.75) is 25.4 Å². The van der Waals surface area contributed by atoms with Gasteiger partial charge in [0.05, 0.1) is 18.6 Å². The lowest BCUT2D eigenvalue weighted by atomic mass is 10.2. The first-order valence-corrected chi connectivity index (χ1v) is 4.88. The lowest BCUT2D eigenvalue weighted by molar-refractivity contribution is -0.122. The Kier molecular flexibility index (Phi) is 2.84. The average molecular weight is 194 g/mol. The van der Waals surface area contributed by atoms with Gasteiger partial charge in [0.25, 0.3) is 0 Å². The van der Waals surface area contributed by atoms with E-state index in [0.717, 1.165) is 24.9 Å². The minimum atomic E-state index is 0.00176. The minimum Gasteiger partial charge on any atom is -0.472 e. The first-order chi connectivity index (χ1) is 6.86. The molecule has 0 saturated carbocycles. The molecular formula is C10H14N2O2. The largest absolute Gasteiger partial charge is 0.472 e. The van der Waals surface area contributed by atoms with E-state index in [1.807, 2.05) is 6.07 Å². The van der Waals surface area contributed by atoms with Gasteiger partial charge in [0.1, 0.15) is 0 Å². The van der Waals surface area contributed by atoms with Crippen LogP contribution in [-0.2, 0) is 11.3 Å². The Morgan fingerprint density at radius 2 is 2.64 bits per heavy atom. The zero-order valence-electron chi connectivity index (χ0n) is 7.95. The molecule has 1 aromatic rings. The highest BCUT2D eigenvalue weighted by atomic mass is 16.3. The van der Waals surface area contributed by atoms with Gasteiger partial charge in [0, 0.05) is 12.1 Å². The standard InChI is InChI=1S/C10H14N2O2/c13-10(9-2-1-4-11-9)12-6-8-3-5-14-7-8/h3,5,7,9,11H,1-2,4,6H2,(H,12,13)/t9-/m1/s1. The summed E-state index contributed by atoms with van der Waals surface area (Å²) < 4.78 is 4.91. The maximum atomic E-state index is 11.5. The van der Waals surface area contributed by atoms with Crippen LogP contribution < -0.4 is 10.6 Å². The number of carbonyl (C=O) groups is 1. The maximum Gasteiger partial charge on any atom is 0.237 e. The highest BCUT2D eigenvalue weighted by Gasteiger charge is 2.21. The van der Waals surface area contributed by atoms with Gasteiger partial charge in [0.15, 0.2) is 0 Å².